The van der Waals surface area contributed by atoms with Crippen LogP contribution in [0, 0.1) is 17.7 Å². The lowest BCUT2D eigenvalue weighted by Gasteiger charge is -2.23. The van der Waals surface area contributed by atoms with E-state index in [4.69, 9.17) is 4.74 Å². The Hall–Kier alpha value is -3.96. The minimum Gasteiger partial charge on any atom is -0.505 e. The maximum Gasteiger partial charge on any atom is 0.341 e. The van der Waals surface area contributed by atoms with E-state index in [1.54, 1.807) is 0 Å². The molecule has 1 aliphatic heterocycles. The summed E-state index contributed by atoms with van der Waals surface area (Å²) in [7, 11) is 1.49. The van der Waals surface area contributed by atoms with Crippen LogP contribution in [0.4, 0.5) is 4.39 Å². The lowest BCUT2D eigenvalue weighted by Crippen LogP contribution is -2.32. The van der Waals surface area contributed by atoms with Crippen molar-refractivity contribution < 1.29 is 28.9 Å². The molecular formula is C26H29FN4O6. The number of carboxylic acids is 1. The lowest BCUT2D eigenvalue weighted by atomic mass is 9.87. The van der Waals surface area contributed by atoms with Crippen molar-refractivity contribution in [3.8, 4) is 5.75 Å². The number of rotatable bonds is 9. The Morgan fingerprint density at radius 3 is 2.68 bits per heavy atom. The SMILES string of the molecule is CNn1cc(C(=O)O)c(=O)c2cc(F)c(C3NCC(CNCC(=O)OCc4ccccc4)C3C)c(O)c21. The van der Waals surface area contributed by atoms with Gasteiger partial charge in [-0.05, 0) is 23.5 Å². The van der Waals surface area contributed by atoms with Gasteiger partial charge in [-0.25, -0.2) is 9.18 Å². The molecule has 0 spiro atoms. The molecule has 0 saturated carbocycles. The Kier molecular flexibility index (Phi) is 7.74. The van der Waals surface area contributed by atoms with Crippen molar-refractivity contribution in [2.45, 2.75) is 19.6 Å². The highest BCUT2D eigenvalue weighted by molar-refractivity contribution is 5.95. The topological polar surface area (TPSA) is 142 Å². The van der Waals surface area contributed by atoms with Crippen LogP contribution in [0.5, 0.6) is 5.75 Å². The number of hydrogen-bond acceptors (Lipinski definition) is 8. The smallest absolute Gasteiger partial charge is 0.341 e. The van der Waals surface area contributed by atoms with Crippen molar-refractivity contribution >= 4 is 22.8 Å². The van der Waals surface area contributed by atoms with Gasteiger partial charge in [-0.3, -0.25) is 14.3 Å². The highest BCUT2D eigenvalue weighted by atomic mass is 19.1. The first kappa shape index (κ1) is 26.1. The molecule has 1 fully saturated rings. The number of carboxylic acid groups (broad SMARTS) is 1. The second-order valence-corrected chi connectivity index (χ2v) is 9.07. The van der Waals surface area contributed by atoms with E-state index in [-0.39, 0.29) is 47.4 Å². The molecule has 0 amide bonds. The van der Waals surface area contributed by atoms with E-state index in [0.29, 0.717) is 13.1 Å². The van der Waals surface area contributed by atoms with Crippen molar-refractivity contribution in [2.75, 3.05) is 32.1 Å². The highest BCUT2D eigenvalue weighted by Gasteiger charge is 2.37. The molecule has 11 heteroatoms. The maximum atomic E-state index is 15.3. The van der Waals surface area contributed by atoms with Crippen LogP contribution in [-0.2, 0) is 16.1 Å². The molecule has 2 heterocycles. The van der Waals surface area contributed by atoms with Crippen LogP contribution in [-0.4, -0.2) is 53.5 Å². The number of nitrogens with zero attached hydrogens (tertiary/aromatic N) is 1. The molecule has 1 saturated heterocycles. The predicted octanol–water partition coefficient (Wildman–Crippen LogP) is 1.95. The number of phenolic OH excluding ortho intramolecular Hbond substituents is 1. The van der Waals surface area contributed by atoms with Crippen LogP contribution in [0.2, 0.25) is 0 Å². The zero-order chi connectivity index (χ0) is 26.7. The largest absolute Gasteiger partial charge is 0.505 e. The van der Waals surface area contributed by atoms with Crippen molar-refractivity contribution in [2.24, 2.45) is 11.8 Å². The Balaban J connectivity index is 1.47. The third-order valence-corrected chi connectivity index (χ3v) is 6.82. The summed E-state index contributed by atoms with van der Waals surface area (Å²) in [6, 6.07) is 9.76. The third kappa shape index (κ3) is 5.27. The second kappa shape index (κ2) is 11.0. The normalized spacial score (nSPS) is 19.2. The van der Waals surface area contributed by atoms with Gasteiger partial charge in [0.1, 0.15) is 29.3 Å². The van der Waals surface area contributed by atoms with Crippen LogP contribution in [0.25, 0.3) is 10.9 Å². The zero-order valence-electron chi connectivity index (χ0n) is 20.5. The number of fused-ring (bicyclic) bond motifs is 1. The maximum absolute atomic E-state index is 15.3. The summed E-state index contributed by atoms with van der Waals surface area (Å²) in [4.78, 5) is 36.1. The molecule has 0 bridgehead atoms. The molecule has 4 rings (SSSR count). The van der Waals surface area contributed by atoms with Gasteiger partial charge in [0, 0.05) is 37.9 Å². The van der Waals surface area contributed by atoms with Gasteiger partial charge in [-0.2, -0.15) is 0 Å². The van der Waals surface area contributed by atoms with Gasteiger partial charge in [0.15, 0.2) is 0 Å². The molecule has 2 aromatic carbocycles. The highest BCUT2D eigenvalue weighted by Crippen LogP contribution is 2.41. The summed E-state index contributed by atoms with van der Waals surface area (Å²) in [5.74, 6) is -3.22. The number of aromatic carboxylic acids is 1. The van der Waals surface area contributed by atoms with Gasteiger partial charge in [-0.1, -0.05) is 37.3 Å². The first-order chi connectivity index (χ1) is 17.7. The number of pyridine rings is 1. The monoisotopic (exact) mass is 512 g/mol. The number of carbonyl (C=O) groups is 2. The van der Waals surface area contributed by atoms with Crippen molar-refractivity contribution in [1.29, 1.82) is 0 Å². The zero-order valence-corrected chi connectivity index (χ0v) is 20.5. The van der Waals surface area contributed by atoms with Crippen LogP contribution < -0.4 is 21.5 Å². The van der Waals surface area contributed by atoms with Crippen LogP contribution in [0.3, 0.4) is 0 Å². The van der Waals surface area contributed by atoms with E-state index in [1.165, 1.54) is 11.7 Å². The molecular weight excluding hydrogens is 483 g/mol. The number of carbonyl (C=O) groups excluding carboxylic acids is 1. The lowest BCUT2D eigenvalue weighted by molar-refractivity contribution is -0.143. The number of benzene rings is 2. The number of esters is 1. The van der Waals surface area contributed by atoms with Gasteiger partial charge in [0.05, 0.1) is 11.9 Å². The molecule has 37 heavy (non-hydrogen) atoms. The number of halogens is 1. The average molecular weight is 513 g/mol. The minimum absolute atomic E-state index is 0.00348. The molecule has 3 aromatic rings. The summed E-state index contributed by atoms with van der Waals surface area (Å²) in [5, 5.41) is 26.4. The van der Waals surface area contributed by atoms with Gasteiger partial charge < -0.3 is 31.0 Å². The summed E-state index contributed by atoms with van der Waals surface area (Å²) < 4.78 is 21.7. The fourth-order valence-corrected chi connectivity index (χ4v) is 4.77. The standard InChI is InChI=1S/C26H29FN4O6/c1-14-16(9-29-11-20(32)37-13-15-6-4-3-5-7-15)10-30-22(14)21-19(27)8-17-23(25(21)34)31(28-2)12-18(24(17)33)26(35)36/h3-8,12,14,16,22,28-30,34H,9-11,13H2,1-2H3,(H,35,36). The van der Waals surface area contributed by atoms with Crippen molar-refractivity contribution in [1.82, 2.24) is 15.3 Å². The molecule has 3 atom stereocenters. The minimum atomic E-state index is -1.45. The Morgan fingerprint density at radius 1 is 1.27 bits per heavy atom. The van der Waals surface area contributed by atoms with E-state index in [0.717, 1.165) is 17.8 Å². The van der Waals surface area contributed by atoms with Gasteiger partial charge in [0.2, 0.25) is 5.43 Å². The first-order valence-corrected chi connectivity index (χ1v) is 11.9. The first-order valence-electron chi connectivity index (χ1n) is 11.9. The number of ether oxygens (including phenoxy) is 1. The van der Waals surface area contributed by atoms with Crippen molar-refractivity contribution in [3.05, 3.63) is 75.3 Å². The Bertz CT molecular complexity index is 1380. The third-order valence-electron chi connectivity index (χ3n) is 6.82. The molecule has 0 radical (unpaired) electrons. The number of nitrogens with one attached hydrogen (secondary N) is 3. The Morgan fingerprint density at radius 2 is 2.00 bits per heavy atom. The van der Waals surface area contributed by atoms with E-state index < -0.39 is 34.6 Å². The van der Waals surface area contributed by atoms with E-state index in [2.05, 4.69) is 16.1 Å². The van der Waals surface area contributed by atoms with Crippen LogP contribution in [0.1, 0.15) is 34.5 Å². The molecule has 0 aliphatic carbocycles. The Labute approximate surface area is 212 Å². The summed E-state index contributed by atoms with van der Waals surface area (Å²) in [6.45, 7) is 3.09. The fourth-order valence-electron chi connectivity index (χ4n) is 4.77. The summed E-state index contributed by atoms with van der Waals surface area (Å²) in [5.41, 5.74) is 2.16. The predicted molar refractivity (Wildman–Crippen MR) is 135 cm³/mol. The summed E-state index contributed by atoms with van der Waals surface area (Å²) >= 11 is 0. The molecule has 196 valence electrons. The molecule has 5 N–H and O–H groups in total. The quantitative estimate of drug-likeness (QED) is 0.272. The number of aromatic nitrogens is 1. The van der Waals surface area contributed by atoms with Crippen LogP contribution >= 0.6 is 0 Å². The summed E-state index contributed by atoms with van der Waals surface area (Å²) in [6.07, 6.45) is 1.06. The van der Waals surface area contributed by atoms with E-state index in [9.17, 15) is 24.6 Å². The average Bonchev–Trinajstić information content (AvgIpc) is 3.23. The number of hydrogen-bond donors (Lipinski definition) is 5. The molecule has 1 aromatic heterocycles. The van der Waals surface area contributed by atoms with Gasteiger partial charge >= 0.3 is 11.9 Å². The molecule has 10 nitrogen and oxygen atoms in total. The van der Waals surface area contributed by atoms with E-state index >= 15 is 4.39 Å². The van der Waals surface area contributed by atoms with Crippen LogP contribution in [0.15, 0.2) is 47.4 Å². The second-order valence-electron chi connectivity index (χ2n) is 9.07. The number of aromatic hydroxyl groups is 1. The number of phenols is 1. The fraction of sp³-hybridized carbons (Fsp3) is 0.346. The van der Waals surface area contributed by atoms with E-state index in [1.807, 2.05) is 37.3 Å². The van der Waals surface area contributed by atoms with Gasteiger partial charge in [0.25, 0.3) is 0 Å². The van der Waals surface area contributed by atoms with Gasteiger partial charge in [-0.15, -0.1) is 0 Å². The van der Waals surface area contributed by atoms with Crippen molar-refractivity contribution in [3.63, 3.8) is 0 Å². The molecule has 3 unspecified atom stereocenters. The molecule has 1 aliphatic rings.